The molecule has 21 heavy (non-hydrogen) atoms. The largest absolute Gasteiger partial charge is 0.327 e. The van der Waals surface area contributed by atoms with Crippen LogP contribution >= 0.6 is 0 Å². The van der Waals surface area contributed by atoms with Crippen molar-refractivity contribution >= 4 is 6.03 Å². The van der Waals surface area contributed by atoms with Gasteiger partial charge in [-0.15, -0.1) is 6.42 Å². The fraction of sp³-hybridized carbons (Fsp3) is 0.833. The lowest BCUT2D eigenvalue weighted by Gasteiger charge is -2.50. The van der Waals surface area contributed by atoms with Crippen LogP contribution in [0.3, 0.4) is 0 Å². The van der Waals surface area contributed by atoms with Gasteiger partial charge in [-0.3, -0.25) is 0 Å². The van der Waals surface area contributed by atoms with E-state index in [9.17, 15) is 4.79 Å². The number of urea groups is 1. The molecule has 1 saturated heterocycles. The Hall–Kier alpha value is -1.17. The third-order valence-electron chi connectivity index (χ3n) is 5.13. The van der Waals surface area contributed by atoms with Crippen molar-refractivity contribution in [2.24, 2.45) is 17.3 Å². The van der Waals surface area contributed by atoms with E-state index in [4.69, 9.17) is 6.42 Å². The Bertz CT molecular complexity index is 451. The minimum Gasteiger partial charge on any atom is -0.327 e. The van der Waals surface area contributed by atoms with Gasteiger partial charge in [-0.25, -0.2) is 4.79 Å². The van der Waals surface area contributed by atoms with Gasteiger partial charge in [-0.1, -0.05) is 19.8 Å². The summed E-state index contributed by atoms with van der Waals surface area (Å²) < 4.78 is 0. The Kier molecular flexibility index (Phi) is 4.04. The third-order valence-corrected chi connectivity index (χ3v) is 5.13. The molecule has 2 aliphatic rings. The molecule has 0 aromatic heterocycles. The van der Waals surface area contributed by atoms with Gasteiger partial charge in [-0.05, 0) is 51.4 Å². The van der Waals surface area contributed by atoms with Crippen molar-refractivity contribution in [3.8, 4) is 12.3 Å². The van der Waals surface area contributed by atoms with E-state index in [0.717, 1.165) is 18.9 Å². The highest BCUT2D eigenvalue weighted by molar-refractivity contribution is 5.77. The van der Waals surface area contributed by atoms with Crippen molar-refractivity contribution in [2.75, 3.05) is 13.6 Å². The maximum absolute atomic E-state index is 12.6. The van der Waals surface area contributed by atoms with E-state index in [2.05, 4.69) is 40.5 Å². The van der Waals surface area contributed by atoms with E-state index in [-0.39, 0.29) is 17.6 Å². The second-order valence-corrected chi connectivity index (χ2v) is 8.54. The monoisotopic (exact) mass is 290 g/mol. The first-order valence-electron chi connectivity index (χ1n) is 8.08. The van der Waals surface area contributed by atoms with Crippen molar-refractivity contribution in [1.82, 2.24) is 9.80 Å². The zero-order valence-electron chi connectivity index (χ0n) is 14.4. The van der Waals surface area contributed by atoms with Gasteiger partial charge in [0.15, 0.2) is 0 Å². The molecule has 1 heterocycles. The Morgan fingerprint density at radius 2 is 1.81 bits per heavy atom. The molecule has 1 unspecified atom stereocenters. The van der Waals surface area contributed by atoms with E-state index in [1.54, 1.807) is 0 Å². The summed E-state index contributed by atoms with van der Waals surface area (Å²) in [5.41, 5.74) is 0.0787. The van der Waals surface area contributed by atoms with Gasteiger partial charge in [0, 0.05) is 25.0 Å². The van der Waals surface area contributed by atoms with E-state index in [1.807, 2.05) is 16.8 Å². The molecule has 2 atom stereocenters. The predicted octanol–water partition coefficient (Wildman–Crippen LogP) is 3.60. The van der Waals surface area contributed by atoms with Gasteiger partial charge >= 0.3 is 6.03 Å². The summed E-state index contributed by atoms with van der Waals surface area (Å²) in [6.07, 6.45) is 9.62. The number of terminal acetylenes is 1. The normalized spacial score (nSPS) is 27.8. The quantitative estimate of drug-likeness (QED) is 0.729. The van der Waals surface area contributed by atoms with Crippen LogP contribution in [-0.2, 0) is 0 Å². The van der Waals surface area contributed by atoms with Crippen LogP contribution in [-0.4, -0.2) is 41.0 Å². The molecule has 3 heteroatoms. The molecular formula is C18H30N2O. The number of hydrogen-bond donors (Lipinski definition) is 0. The van der Waals surface area contributed by atoms with Crippen molar-refractivity contribution in [2.45, 2.75) is 65.5 Å². The van der Waals surface area contributed by atoms with Crippen LogP contribution in [0.1, 0.15) is 53.9 Å². The standard InChI is InChI=1S/C18H30N2O/c1-8-15-13(11-18(5,6)14-9-10-14)12-19(7)16(21)20(15)17(2,3)4/h1,13-15H,9-12H2,2-7H3/t13?,15-/m0/s1. The molecular weight excluding hydrogens is 260 g/mol. The Morgan fingerprint density at radius 3 is 2.24 bits per heavy atom. The number of carbonyl (C=O) groups excluding carboxylic acids is 1. The summed E-state index contributed by atoms with van der Waals surface area (Å²) in [6.45, 7) is 11.7. The molecule has 0 aromatic rings. The molecule has 2 fully saturated rings. The van der Waals surface area contributed by atoms with E-state index >= 15 is 0 Å². The lowest BCUT2D eigenvalue weighted by molar-refractivity contribution is 0.0283. The number of amides is 2. The van der Waals surface area contributed by atoms with Crippen LogP contribution in [0.4, 0.5) is 4.79 Å². The van der Waals surface area contributed by atoms with E-state index < -0.39 is 0 Å². The highest BCUT2D eigenvalue weighted by atomic mass is 16.2. The van der Waals surface area contributed by atoms with Crippen LogP contribution in [0, 0.1) is 29.6 Å². The molecule has 0 bridgehead atoms. The number of nitrogens with zero attached hydrogens (tertiary/aromatic N) is 2. The maximum Gasteiger partial charge on any atom is 0.321 e. The second kappa shape index (κ2) is 5.23. The molecule has 118 valence electrons. The van der Waals surface area contributed by atoms with Crippen LogP contribution in [0.5, 0.6) is 0 Å². The fourth-order valence-corrected chi connectivity index (χ4v) is 3.84. The molecule has 1 aliphatic carbocycles. The van der Waals surface area contributed by atoms with Gasteiger partial charge in [-0.2, -0.15) is 0 Å². The summed E-state index contributed by atoms with van der Waals surface area (Å²) in [5, 5.41) is 0. The van der Waals surface area contributed by atoms with Crippen molar-refractivity contribution in [1.29, 1.82) is 0 Å². The van der Waals surface area contributed by atoms with Crippen LogP contribution in [0.2, 0.25) is 0 Å². The molecule has 0 aromatic carbocycles. The summed E-state index contributed by atoms with van der Waals surface area (Å²) in [4.78, 5) is 16.3. The van der Waals surface area contributed by atoms with Crippen LogP contribution in [0.15, 0.2) is 0 Å². The Labute approximate surface area is 130 Å². The lowest BCUT2D eigenvalue weighted by atomic mass is 9.75. The fourth-order valence-electron chi connectivity index (χ4n) is 3.84. The molecule has 2 amide bonds. The Balaban J connectivity index is 2.24. The van der Waals surface area contributed by atoms with Crippen molar-refractivity contribution in [3.63, 3.8) is 0 Å². The summed E-state index contributed by atoms with van der Waals surface area (Å²) in [6, 6.07) is -0.0300. The highest BCUT2D eigenvalue weighted by Gasteiger charge is 2.47. The molecule has 0 N–H and O–H groups in total. The predicted molar refractivity (Wildman–Crippen MR) is 86.9 cm³/mol. The average Bonchev–Trinajstić information content (AvgIpc) is 3.15. The first kappa shape index (κ1) is 16.2. The SMILES string of the molecule is C#C[C@H]1C(CC(C)(C)C2CC2)CN(C)C(=O)N1C(C)(C)C. The molecule has 1 aliphatic heterocycles. The zero-order valence-corrected chi connectivity index (χ0v) is 14.4. The Morgan fingerprint density at radius 1 is 1.24 bits per heavy atom. The average molecular weight is 290 g/mol. The highest BCUT2D eigenvalue weighted by Crippen LogP contribution is 2.49. The molecule has 3 nitrogen and oxygen atoms in total. The summed E-state index contributed by atoms with van der Waals surface area (Å²) in [5.74, 6) is 4.11. The number of hydrogen-bond acceptors (Lipinski definition) is 1. The first-order valence-corrected chi connectivity index (χ1v) is 8.08. The number of carbonyl (C=O) groups is 1. The minimum absolute atomic E-state index is 0.0610. The van der Waals surface area contributed by atoms with Gasteiger partial charge in [0.05, 0.1) is 6.04 Å². The smallest absolute Gasteiger partial charge is 0.321 e. The van der Waals surface area contributed by atoms with Crippen molar-refractivity contribution < 1.29 is 4.79 Å². The van der Waals surface area contributed by atoms with E-state index in [0.29, 0.717) is 11.3 Å². The van der Waals surface area contributed by atoms with Gasteiger partial charge in [0.2, 0.25) is 0 Å². The van der Waals surface area contributed by atoms with Gasteiger partial charge < -0.3 is 9.80 Å². The molecule has 0 radical (unpaired) electrons. The molecule has 2 rings (SSSR count). The maximum atomic E-state index is 12.6. The molecule has 1 saturated carbocycles. The van der Waals surface area contributed by atoms with Crippen molar-refractivity contribution in [3.05, 3.63) is 0 Å². The number of rotatable bonds is 3. The molecule has 0 spiro atoms. The third kappa shape index (κ3) is 3.20. The zero-order chi connectivity index (χ0) is 16.0. The van der Waals surface area contributed by atoms with E-state index in [1.165, 1.54) is 12.8 Å². The second-order valence-electron chi connectivity index (χ2n) is 8.54. The lowest BCUT2D eigenvalue weighted by Crippen LogP contribution is -2.63. The topological polar surface area (TPSA) is 23.6 Å². The van der Waals surface area contributed by atoms with Gasteiger partial charge in [0.1, 0.15) is 0 Å². The summed E-state index contributed by atoms with van der Waals surface area (Å²) in [7, 11) is 1.89. The first-order chi connectivity index (χ1) is 9.58. The van der Waals surface area contributed by atoms with Crippen LogP contribution < -0.4 is 0 Å². The minimum atomic E-state index is -0.245. The van der Waals surface area contributed by atoms with Crippen LogP contribution in [0.25, 0.3) is 0 Å². The summed E-state index contributed by atoms with van der Waals surface area (Å²) >= 11 is 0. The van der Waals surface area contributed by atoms with Gasteiger partial charge in [0.25, 0.3) is 0 Å².